The van der Waals surface area contributed by atoms with Crippen LogP contribution in [-0.4, -0.2) is 48.7 Å². The van der Waals surface area contributed by atoms with E-state index in [1.54, 1.807) is 13.3 Å². The Balaban J connectivity index is 1.93. The molecule has 1 atom stereocenters. The van der Waals surface area contributed by atoms with Crippen LogP contribution < -0.4 is 16.0 Å². The third-order valence-corrected chi connectivity index (χ3v) is 4.21. The van der Waals surface area contributed by atoms with Gasteiger partial charge >= 0.3 is 0 Å². The van der Waals surface area contributed by atoms with Crippen LogP contribution in [0.25, 0.3) is 0 Å². The first-order chi connectivity index (χ1) is 11.0. The SMILES string of the molecule is CCc1cnc(N)nc1N1CCC(C(=O)NC(C)COC)CC1. The highest BCUT2D eigenvalue weighted by molar-refractivity contribution is 5.79. The summed E-state index contributed by atoms with van der Waals surface area (Å²) < 4.78 is 5.05. The summed E-state index contributed by atoms with van der Waals surface area (Å²) in [4.78, 5) is 22.9. The van der Waals surface area contributed by atoms with Crippen molar-refractivity contribution in [1.82, 2.24) is 15.3 Å². The number of carbonyl (C=O) groups excluding carboxylic acids is 1. The molecular formula is C16H27N5O2. The molecule has 23 heavy (non-hydrogen) atoms. The third kappa shape index (κ3) is 4.54. The van der Waals surface area contributed by atoms with Gasteiger partial charge in [-0.25, -0.2) is 4.98 Å². The minimum Gasteiger partial charge on any atom is -0.383 e. The second-order valence-corrected chi connectivity index (χ2v) is 6.06. The summed E-state index contributed by atoms with van der Waals surface area (Å²) in [6.45, 7) is 6.18. The van der Waals surface area contributed by atoms with Gasteiger partial charge in [-0.05, 0) is 26.2 Å². The largest absolute Gasteiger partial charge is 0.383 e. The number of nitrogen functional groups attached to an aromatic ring is 1. The lowest BCUT2D eigenvalue weighted by Gasteiger charge is -2.33. The first-order valence-electron chi connectivity index (χ1n) is 8.20. The number of nitrogens with two attached hydrogens (primary N) is 1. The number of aromatic nitrogens is 2. The Morgan fingerprint density at radius 2 is 2.22 bits per heavy atom. The highest BCUT2D eigenvalue weighted by atomic mass is 16.5. The van der Waals surface area contributed by atoms with Gasteiger partial charge in [-0.3, -0.25) is 4.79 Å². The highest BCUT2D eigenvalue weighted by Crippen LogP contribution is 2.25. The molecule has 0 bridgehead atoms. The molecule has 1 unspecified atom stereocenters. The fourth-order valence-electron chi connectivity index (χ4n) is 2.94. The molecule has 1 aliphatic rings. The first-order valence-corrected chi connectivity index (χ1v) is 8.20. The number of methoxy groups -OCH3 is 1. The Morgan fingerprint density at radius 1 is 1.52 bits per heavy atom. The van der Waals surface area contributed by atoms with Gasteiger partial charge in [-0.15, -0.1) is 0 Å². The molecule has 0 aromatic carbocycles. The number of carbonyl (C=O) groups is 1. The van der Waals surface area contributed by atoms with E-state index in [1.807, 2.05) is 6.92 Å². The lowest BCUT2D eigenvalue weighted by atomic mass is 9.95. The highest BCUT2D eigenvalue weighted by Gasteiger charge is 2.27. The molecule has 3 N–H and O–H groups in total. The van der Waals surface area contributed by atoms with Gasteiger partial charge in [0.25, 0.3) is 0 Å². The minimum atomic E-state index is 0.0406. The van der Waals surface area contributed by atoms with E-state index >= 15 is 0 Å². The van der Waals surface area contributed by atoms with Crippen LogP contribution in [0, 0.1) is 5.92 Å². The molecule has 2 rings (SSSR count). The summed E-state index contributed by atoms with van der Waals surface area (Å²) in [7, 11) is 1.64. The van der Waals surface area contributed by atoms with Crippen molar-refractivity contribution in [2.45, 2.75) is 39.2 Å². The topological polar surface area (TPSA) is 93.4 Å². The molecule has 0 spiro atoms. The molecule has 1 amide bonds. The lowest BCUT2D eigenvalue weighted by molar-refractivity contribution is -0.126. The number of nitrogens with one attached hydrogen (secondary N) is 1. The van der Waals surface area contributed by atoms with Gasteiger partial charge in [0.1, 0.15) is 5.82 Å². The van der Waals surface area contributed by atoms with Crippen LogP contribution in [0.4, 0.5) is 11.8 Å². The maximum Gasteiger partial charge on any atom is 0.223 e. The van der Waals surface area contributed by atoms with Crippen molar-refractivity contribution < 1.29 is 9.53 Å². The molecule has 1 aliphatic heterocycles. The van der Waals surface area contributed by atoms with Crippen LogP contribution in [0.5, 0.6) is 0 Å². The summed E-state index contributed by atoms with van der Waals surface area (Å²) in [5.74, 6) is 1.37. The van der Waals surface area contributed by atoms with E-state index in [0.717, 1.165) is 43.7 Å². The zero-order chi connectivity index (χ0) is 16.8. The monoisotopic (exact) mass is 321 g/mol. The summed E-state index contributed by atoms with van der Waals surface area (Å²) in [6.07, 6.45) is 4.30. The number of aryl methyl sites for hydroxylation is 1. The molecule has 1 aromatic heterocycles. The Bertz CT molecular complexity index is 529. The van der Waals surface area contributed by atoms with Crippen LogP contribution in [0.3, 0.4) is 0 Å². The van der Waals surface area contributed by atoms with E-state index in [0.29, 0.717) is 12.6 Å². The Labute approximate surface area is 137 Å². The van der Waals surface area contributed by atoms with E-state index in [4.69, 9.17) is 10.5 Å². The van der Waals surface area contributed by atoms with Crippen molar-refractivity contribution in [2.75, 3.05) is 37.4 Å². The van der Waals surface area contributed by atoms with Crippen molar-refractivity contribution in [1.29, 1.82) is 0 Å². The van der Waals surface area contributed by atoms with Gasteiger partial charge < -0.3 is 20.7 Å². The zero-order valence-electron chi connectivity index (χ0n) is 14.2. The Kier molecular flexibility index (Phi) is 6.15. The van der Waals surface area contributed by atoms with E-state index in [2.05, 4.69) is 27.1 Å². The lowest BCUT2D eigenvalue weighted by Crippen LogP contribution is -2.44. The molecule has 2 heterocycles. The minimum absolute atomic E-state index is 0.0406. The predicted molar refractivity (Wildman–Crippen MR) is 90.2 cm³/mol. The normalized spacial score (nSPS) is 17.1. The number of piperidine rings is 1. The number of anilines is 2. The van der Waals surface area contributed by atoms with Gasteiger partial charge in [-0.2, -0.15) is 4.98 Å². The van der Waals surface area contributed by atoms with Crippen LogP contribution in [0.2, 0.25) is 0 Å². The van der Waals surface area contributed by atoms with E-state index < -0.39 is 0 Å². The Hall–Kier alpha value is -1.89. The summed E-state index contributed by atoms with van der Waals surface area (Å²) in [6, 6.07) is 0.0406. The summed E-state index contributed by atoms with van der Waals surface area (Å²) in [5.41, 5.74) is 6.82. The van der Waals surface area contributed by atoms with Gasteiger partial charge in [0.2, 0.25) is 11.9 Å². The number of hydrogen-bond donors (Lipinski definition) is 2. The average Bonchev–Trinajstić information content (AvgIpc) is 2.55. The molecule has 7 nitrogen and oxygen atoms in total. The van der Waals surface area contributed by atoms with Crippen molar-refractivity contribution in [3.8, 4) is 0 Å². The molecule has 0 saturated carbocycles. The average molecular weight is 321 g/mol. The van der Waals surface area contributed by atoms with Gasteiger partial charge in [0.15, 0.2) is 0 Å². The fourth-order valence-corrected chi connectivity index (χ4v) is 2.94. The van der Waals surface area contributed by atoms with E-state index in [1.165, 1.54) is 0 Å². The van der Waals surface area contributed by atoms with Gasteiger partial charge in [0.05, 0.1) is 6.61 Å². The van der Waals surface area contributed by atoms with E-state index in [9.17, 15) is 4.79 Å². The molecule has 0 radical (unpaired) electrons. The zero-order valence-corrected chi connectivity index (χ0v) is 14.2. The van der Waals surface area contributed by atoms with Crippen molar-refractivity contribution >= 4 is 17.7 Å². The van der Waals surface area contributed by atoms with Crippen LogP contribution >= 0.6 is 0 Å². The number of nitrogens with zero attached hydrogens (tertiary/aromatic N) is 3. The molecule has 7 heteroatoms. The number of amides is 1. The maximum absolute atomic E-state index is 12.3. The molecule has 0 aliphatic carbocycles. The van der Waals surface area contributed by atoms with Gasteiger partial charge in [0, 0.05) is 43.9 Å². The summed E-state index contributed by atoms with van der Waals surface area (Å²) >= 11 is 0. The fraction of sp³-hybridized carbons (Fsp3) is 0.688. The van der Waals surface area contributed by atoms with Crippen molar-refractivity contribution in [3.63, 3.8) is 0 Å². The molecular weight excluding hydrogens is 294 g/mol. The molecule has 1 fully saturated rings. The molecule has 128 valence electrons. The number of hydrogen-bond acceptors (Lipinski definition) is 6. The maximum atomic E-state index is 12.3. The standard InChI is InChI=1S/C16H27N5O2/c1-4-12-9-18-16(17)20-14(12)21-7-5-13(6-8-21)15(22)19-11(2)10-23-3/h9,11,13H,4-8,10H2,1-3H3,(H,19,22)(H2,17,18,20). The predicted octanol–water partition coefficient (Wildman–Crippen LogP) is 0.989. The summed E-state index contributed by atoms with van der Waals surface area (Å²) in [5, 5.41) is 3.01. The molecule has 1 aromatic rings. The number of rotatable bonds is 6. The van der Waals surface area contributed by atoms with Crippen LogP contribution in [0.15, 0.2) is 6.20 Å². The third-order valence-electron chi connectivity index (χ3n) is 4.21. The van der Waals surface area contributed by atoms with E-state index in [-0.39, 0.29) is 17.9 Å². The van der Waals surface area contributed by atoms with Crippen LogP contribution in [-0.2, 0) is 16.0 Å². The first kappa shape index (κ1) is 17.5. The smallest absolute Gasteiger partial charge is 0.223 e. The quantitative estimate of drug-likeness (QED) is 0.811. The van der Waals surface area contributed by atoms with Crippen molar-refractivity contribution in [2.24, 2.45) is 5.92 Å². The Morgan fingerprint density at radius 3 is 2.83 bits per heavy atom. The van der Waals surface area contributed by atoms with Crippen molar-refractivity contribution in [3.05, 3.63) is 11.8 Å². The van der Waals surface area contributed by atoms with Crippen LogP contribution in [0.1, 0.15) is 32.3 Å². The molecule has 1 saturated heterocycles. The second-order valence-electron chi connectivity index (χ2n) is 6.06. The van der Waals surface area contributed by atoms with Gasteiger partial charge in [-0.1, -0.05) is 6.92 Å². The number of ether oxygens (including phenoxy) is 1. The second kappa shape index (κ2) is 8.10.